The fraction of sp³-hybridized carbons (Fsp3) is 0.857. The molecule has 1 heterocycles. The molecule has 1 rings (SSSR count). The summed E-state index contributed by atoms with van der Waals surface area (Å²) < 4.78 is 25.3. The Morgan fingerprint density at radius 1 is 1.57 bits per heavy atom. The van der Waals surface area contributed by atoms with Crippen LogP contribution in [0.3, 0.4) is 0 Å². The molecule has 1 unspecified atom stereocenters. The summed E-state index contributed by atoms with van der Waals surface area (Å²) in [6.45, 7) is 2.09. The van der Waals surface area contributed by atoms with Crippen LogP contribution in [0.25, 0.3) is 0 Å². The van der Waals surface area contributed by atoms with Crippen LogP contribution in [-0.4, -0.2) is 54.3 Å². The van der Waals surface area contributed by atoms with E-state index < -0.39 is 22.2 Å². The van der Waals surface area contributed by atoms with Crippen LogP contribution in [0.15, 0.2) is 0 Å². The highest BCUT2D eigenvalue weighted by atomic mass is 32.2. The standard InChI is InChI=1S/C7H14N2O4S/c1-3-4-9-6(7(10)11)5-8(2)14(9,12)13/h6H,3-5H2,1-2H3,(H,10,11). The lowest BCUT2D eigenvalue weighted by Crippen LogP contribution is -2.40. The molecule has 0 bridgehead atoms. The van der Waals surface area contributed by atoms with Crippen LogP contribution in [0.2, 0.25) is 0 Å². The molecule has 0 saturated carbocycles. The SMILES string of the molecule is CCCN1C(C(=O)O)CN(C)S1(=O)=O. The normalized spacial score (nSPS) is 28.0. The fourth-order valence-corrected chi connectivity index (χ4v) is 3.04. The van der Waals surface area contributed by atoms with Crippen LogP contribution in [-0.2, 0) is 15.0 Å². The summed E-state index contributed by atoms with van der Waals surface area (Å²) in [7, 11) is -2.15. The van der Waals surface area contributed by atoms with Gasteiger partial charge in [0.1, 0.15) is 6.04 Å². The third-order valence-electron chi connectivity index (χ3n) is 2.20. The monoisotopic (exact) mass is 222 g/mol. The summed E-state index contributed by atoms with van der Waals surface area (Å²) >= 11 is 0. The summed E-state index contributed by atoms with van der Waals surface area (Å²) in [4.78, 5) is 10.8. The molecule has 0 amide bonds. The van der Waals surface area contributed by atoms with E-state index in [-0.39, 0.29) is 13.1 Å². The van der Waals surface area contributed by atoms with E-state index in [4.69, 9.17) is 5.11 Å². The van der Waals surface area contributed by atoms with E-state index in [1.807, 2.05) is 6.92 Å². The largest absolute Gasteiger partial charge is 0.480 e. The average Bonchev–Trinajstić information content (AvgIpc) is 2.29. The lowest BCUT2D eigenvalue weighted by molar-refractivity contribution is -0.141. The Hall–Kier alpha value is -0.660. The zero-order valence-corrected chi connectivity index (χ0v) is 8.99. The Morgan fingerprint density at radius 2 is 2.14 bits per heavy atom. The number of aliphatic carboxylic acids is 1. The lowest BCUT2D eigenvalue weighted by Gasteiger charge is -2.17. The first-order chi connectivity index (χ1) is 6.41. The molecule has 0 aromatic carbocycles. The molecule has 6 nitrogen and oxygen atoms in total. The van der Waals surface area contributed by atoms with Gasteiger partial charge in [-0.2, -0.15) is 17.0 Å². The fourth-order valence-electron chi connectivity index (χ4n) is 1.46. The minimum atomic E-state index is -3.54. The van der Waals surface area contributed by atoms with Crippen LogP contribution in [0, 0.1) is 0 Å². The van der Waals surface area contributed by atoms with E-state index in [1.165, 1.54) is 7.05 Å². The molecule has 1 N–H and O–H groups in total. The van der Waals surface area contributed by atoms with Gasteiger partial charge in [0.25, 0.3) is 10.2 Å². The van der Waals surface area contributed by atoms with Gasteiger partial charge in [-0.05, 0) is 6.42 Å². The van der Waals surface area contributed by atoms with Gasteiger partial charge in [0.15, 0.2) is 0 Å². The summed E-state index contributed by atoms with van der Waals surface area (Å²) in [5.74, 6) is -1.09. The van der Waals surface area contributed by atoms with E-state index >= 15 is 0 Å². The molecule has 0 spiro atoms. The van der Waals surface area contributed by atoms with E-state index in [0.29, 0.717) is 6.42 Å². The smallest absolute Gasteiger partial charge is 0.323 e. The lowest BCUT2D eigenvalue weighted by atomic mass is 10.3. The van der Waals surface area contributed by atoms with Crippen LogP contribution in [0.4, 0.5) is 0 Å². The van der Waals surface area contributed by atoms with E-state index in [2.05, 4.69) is 0 Å². The zero-order chi connectivity index (χ0) is 10.9. The number of carboxylic acid groups (broad SMARTS) is 1. The molecule has 0 aliphatic carbocycles. The predicted octanol–water partition coefficient (Wildman–Crippen LogP) is -0.658. The van der Waals surface area contributed by atoms with Crippen molar-refractivity contribution in [2.24, 2.45) is 0 Å². The molecule has 0 radical (unpaired) electrons. The molecular formula is C7H14N2O4S. The number of nitrogens with zero attached hydrogens (tertiary/aromatic N) is 2. The van der Waals surface area contributed by atoms with Crippen molar-refractivity contribution in [3.05, 3.63) is 0 Å². The first-order valence-electron chi connectivity index (χ1n) is 4.37. The molecular weight excluding hydrogens is 208 g/mol. The third kappa shape index (κ3) is 1.75. The summed E-state index contributed by atoms with van der Waals surface area (Å²) in [5, 5.41) is 8.83. The first-order valence-corrected chi connectivity index (χ1v) is 5.77. The van der Waals surface area contributed by atoms with Gasteiger partial charge in [-0.15, -0.1) is 0 Å². The van der Waals surface area contributed by atoms with Crippen molar-refractivity contribution in [3.8, 4) is 0 Å². The topological polar surface area (TPSA) is 77.9 Å². The number of hydrogen-bond acceptors (Lipinski definition) is 3. The molecule has 0 aromatic heterocycles. The average molecular weight is 222 g/mol. The molecule has 1 aliphatic rings. The first kappa shape index (κ1) is 11.4. The minimum absolute atomic E-state index is 0.0255. The van der Waals surface area contributed by atoms with Crippen LogP contribution >= 0.6 is 0 Å². The van der Waals surface area contributed by atoms with Crippen molar-refractivity contribution in [2.45, 2.75) is 19.4 Å². The van der Waals surface area contributed by atoms with Crippen molar-refractivity contribution in [3.63, 3.8) is 0 Å². The molecule has 7 heteroatoms. The second kappa shape index (κ2) is 3.84. The van der Waals surface area contributed by atoms with Gasteiger partial charge >= 0.3 is 5.97 Å². The van der Waals surface area contributed by atoms with Crippen molar-refractivity contribution in [1.82, 2.24) is 8.61 Å². The highest BCUT2D eigenvalue weighted by Crippen LogP contribution is 2.20. The van der Waals surface area contributed by atoms with Gasteiger partial charge < -0.3 is 5.11 Å². The van der Waals surface area contributed by atoms with Gasteiger partial charge in [0, 0.05) is 20.1 Å². The summed E-state index contributed by atoms with van der Waals surface area (Å²) in [6, 6.07) is -0.940. The van der Waals surface area contributed by atoms with Gasteiger partial charge in [0.05, 0.1) is 0 Å². The maximum Gasteiger partial charge on any atom is 0.323 e. The molecule has 1 aliphatic heterocycles. The predicted molar refractivity (Wildman–Crippen MR) is 50.0 cm³/mol. The Kier molecular flexibility index (Phi) is 3.13. The molecule has 14 heavy (non-hydrogen) atoms. The Labute approximate surface area is 83.3 Å². The van der Waals surface area contributed by atoms with Crippen molar-refractivity contribution < 1.29 is 18.3 Å². The van der Waals surface area contributed by atoms with Gasteiger partial charge in [-0.3, -0.25) is 4.79 Å². The molecule has 0 aromatic rings. The van der Waals surface area contributed by atoms with Gasteiger partial charge in [-0.25, -0.2) is 0 Å². The quantitative estimate of drug-likeness (QED) is 0.687. The second-order valence-electron chi connectivity index (χ2n) is 3.25. The van der Waals surface area contributed by atoms with E-state index in [1.54, 1.807) is 0 Å². The minimum Gasteiger partial charge on any atom is -0.480 e. The van der Waals surface area contributed by atoms with E-state index in [9.17, 15) is 13.2 Å². The van der Waals surface area contributed by atoms with Gasteiger partial charge in [-0.1, -0.05) is 6.92 Å². The van der Waals surface area contributed by atoms with Crippen LogP contribution in [0.5, 0.6) is 0 Å². The number of carbonyl (C=O) groups is 1. The van der Waals surface area contributed by atoms with Crippen LogP contribution < -0.4 is 0 Å². The highest BCUT2D eigenvalue weighted by molar-refractivity contribution is 7.87. The number of likely N-dealkylation sites (N-methyl/N-ethyl adjacent to an activating group) is 1. The highest BCUT2D eigenvalue weighted by Gasteiger charge is 2.44. The summed E-state index contributed by atoms with van der Waals surface area (Å²) in [6.07, 6.45) is 0.608. The Balaban J connectivity index is 2.98. The third-order valence-corrected chi connectivity index (χ3v) is 4.16. The van der Waals surface area contributed by atoms with Crippen molar-refractivity contribution in [2.75, 3.05) is 20.1 Å². The van der Waals surface area contributed by atoms with Gasteiger partial charge in [0.2, 0.25) is 0 Å². The molecule has 1 fully saturated rings. The number of rotatable bonds is 3. The zero-order valence-electron chi connectivity index (χ0n) is 8.17. The maximum absolute atomic E-state index is 11.6. The Bertz CT molecular complexity index is 327. The second-order valence-corrected chi connectivity index (χ2v) is 5.24. The number of carboxylic acids is 1. The molecule has 1 saturated heterocycles. The van der Waals surface area contributed by atoms with E-state index in [0.717, 1.165) is 8.61 Å². The maximum atomic E-state index is 11.6. The van der Waals surface area contributed by atoms with Crippen molar-refractivity contribution >= 4 is 16.2 Å². The summed E-state index contributed by atoms with van der Waals surface area (Å²) in [5.41, 5.74) is 0. The number of hydrogen-bond donors (Lipinski definition) is 1. The molecule has 1 atom stereocenters. The van der Waals surface area contributed by atoms with Crippen LogP contribution in [0.1, 0.15) is 13.3 Å². The Morgan fingerprint density at radius 3 is 2.57 bits per heavy atom. The van der Waals surface area contributed by atoms with Crippen molar-refractivity contribution in [1.29, 1.82) is 0 Å². The molecule has 82 valence electrons.